The highest BCUT2D eigenvalue weighted by molar-refractivity contribution is 6.74. The molecule has 0 saturated carbocycles. The van der Waals surface area contributed by atoms with E-state index >= 15 is 0 Å². The predicted octanol–water partition coefficient (Wildman–Crippen LogP) is 2.53. The lowest BCUT2D eigenvalue weighted by atomic mass is 10.0. The summed E-state index contributed by atoms with van der Waals surface area (Å²) < 4.78 is 5.42. The molecule has 1 fully saturated rings. The molecule has 1 aromatic rings. The summed E-state index contributed by atoms with van der Waals surface area (Å²) in [6, 6.07) is 10.8. The van der Waals surface area contributed by atoms with Crippen molar-refractivity contribution in [3.05, 3.63) is 35.9 Å². The van der Waals surface area contributed by atoms with Gasteiger partial charge in [-0.3, -0.25) is 4.79 Å². The highest BCUT2D eigenvalue weighted by Crippen LogP contribution is 2.35. The van der Waals surface area contributed by atoms with E-state index in [2.05, 4.69) is 13.1 Å². The molecule has 0 bridgehead atoms. The monoisotopic (exact) mass is 206 g/mol. The van der Waals surface area contributed by atoms with Gasteiger partial charge < -0.3 is 4.43 Å². The molecule has 14 heavy (non-hydrogen) atoms. The molecule has 1 heterocycles. The van der Waals surface area contributed by atoms with Crippen LogP contribution in [-0.2, 0) is 9.22 Å². The third-order valence-corrected chi connectivity index (χ3v) is 4.70. The number of carbonyl (C=O) groups excluding carboxylic acids is 1. The average Bonchev–Trinajstić information content (AvgIpc) is 2.41. The van der Waals surface area contributed by atoms with Crippen molar-refractivity contribution in [3.8, 4) is 0 Å². The van der Waals surface area contributed by atoms with Crippen LogP contribution in [0.1, 0.15) is 11.5 Å². The number of benzene rings is 1. The second kappa shape index (κ2) is 3.24. The minimum absolute atomic E-state index is 0.0159. The molecule has 0 aliphatic carbocycles. The maximum absolute atomic E-state index is 11.6. The van der Waals surface area contributed by atoms with Crippen molar-refractivity contribution in [1.29, 1.82) is 0 Å². The molecular weight excluding hydrogens is 192 g/mol. The molecule has 1 saturated heterocycles. The number of hydrogen-bond acceptors (Lipinski definition) is 2. The molecule has 0 N–H and O–H groups in total. The lowest BCUT2D eigenvalue weighted by molar-refractivity contribution is -0.134. The molecule has 3 heteroatoms. The summed E-state index contributed by atoms with van der Waals surface area (Å²) >= 11 is 0. The number of rotatable bonds is 1. The van der Waals surface area contributed by atoms with Crippen LogP contribution in [0.25, 0.3) is 0 Å². The standard InChI is InChI=1S/C11H14O2Si/c1-14(2)8-10(11(12)13-14)9-6-4-3-5-7-9/h3-7,10H,8H2,1-2H3. The minimum Gasteiger partial charge on any atom is -0.519 e. The first kappa shape index (κ1) is 9.46. The summed E-state index contributed by atoms with van der Waals surface area (Å²) in [6.45, 7) is 4.18. The Morgan fingerprint density at radius 1 is 1.29 bits per heavy atom. The summed E-state index contributed by atoms with van der Waals surface area (Å²) in [5.74, 6) is -0.0502. The first-order valence-electron chi connectivity index (χ1n) is 4.86. The maximum Gasteiger partial charge on any atom is 0.299 e. The predicted molar refractivity (Wildman–Crippen MR) is 57.6 cm³/mol. The second-order valence-electron chi connectivity index (χ2n) is 4.35. The molecule has 1 aliphatic heterocycles. The summed E-state index contributed by atoms with van der Waals surface area (Å²) in [4.78, 5) is 11.6. The van der Waals surface area contributed by atoms with Crippen LogP contribution in [0.15, 0.2) is 30.3 Å². The quantitative estimate of drug-likeness (QED) is 0.660. The number of hydrogen-bond donors (Lipinski definition) is 0. The Morgan fingerprint density at radius 3 is 2.43 bits per heavy atom. The van der Waals surface area contributed by atoms with Gasteiger partial charge in [0.15, 0.2) is 0 Å². The Morgan fingerprint density at radius 2 is 1.93 bits per heavy atom. The zero-order chi connectivity index (χ0) is 10.2. The van der Waals surface area contributed by atoms with Crippen LogP contribution in [0.3, 0.4) is 0 Å². The fraction of sp³-hybridized carbons (Fsp3) is 0.364. The van der Waals surface area contributed by atoms with Crippen molar-refractivity contribution >= 4 is 14.3 Å². The van der Waals surface area contributed by atoms with E-state index < -0.39 is 8.32 Å². The highest BCUT2D eigenvalue weighted by atomic mass is 28.4. The Bertz CT molecular complexity index is 346. The molecule has 1 atom stereocenters. The molecule has 2 rings (SSSR count). The average molecular weight is 206 g/mol. The van der Waals surface area contributed by atoms with Crippen LogP contribution in [-0.4, -0.2) is 14.3 Å². The van der Waals surface area contributed by atoms with E-state index in [1.807, 2.05) is 30.3 Å². The minimum atomic E-state index is -1.70. The largest absolute Gasteiger partial charge is 0.519 e. The third kappa shape index (κ3) is 1.73. The van der Waals surface area contributed by atoms with Gasteiger partial charge in [-0.2, -0.15) is 0 Å². The highest BCUT2D eigenvalue weighted by Gasteiger charge is 2.42. The van der Waals surface area contributed by atoms with Crippen molar-refractivity contribution < 1.29 is 9.22 Å². The van der Waals surface area contributed by atoms with Crippen LogP contribution >= 0.6 is 0 Å². The molecule has 1 unspecified atom stereocenters. The summed E-state index contributed by atoms with van der Waals surface area (Å²) in [6.07, 6.45) is 0. The Balaban J connectivity index is 2.26. The van der Waals surface area contributed by atoms with Crippen molar-refractivity contribution in [3.63, 3.8) is 0 Å². The van der Waals surface area contributed by atoms with Gasteiger partial charge in [-0.25, -0.2) is 0 Å². The van der Waals surface area contributed by atoms with E-state index in [9.17, 15) is 4.79 Å². The van der Waals surface area contributed by atoms with E-state index in [1.54, 1.807) is 0 Å². The van der Waals surface area contributed by atoms with E-state index in [1.165, 1.54) is 0 Å². The molecule has 2 nitrogen and oxygen atoms in total. The van der Waals surface area contributed by atoms with Gasteiger partial charge in [-0.05, 0) is 24.7 Å². The van der Waals surface area contributed by atoms with Gasteiger partial charge in [0.1, 0.15) is 0 Å². The topological polar surface area (TPSA) is 26.3 Å². The summed E-state index contributed by atoms with van der Waals surface area (Å²) in [5.41, 5.74) is 1.09. The van der Waals surface area contributed by atoms with Gasteiger partial charge in [0.2, 0.25) is 8.32 Å². The van der Waals surface area contributed by atoms with Crippen LogP contribution in [0.2, 0.25) is 19.1 Å². The van der Waals surface area contributed by atoms with E-state index in [-0.39, 0.29) is 11.9 Å². The lowest BCUT2D eigenvalue weighted by Crippen LogP contribution is -2.24. The normalized spacial score (nSPS) is 24.7. The summed E-state index contributed by atoms with van der Waals surface area (Å²) in [7, 11) is -1.70. The fourth-order valence-corrected chi connectivity index (χ4v) is 4.06. The van der Waals surface area contributed by atoms with E-state index in [0.717, 1.165) is 11.6 Å². The van der Waals surface area contributed by atoms with Crippen LogP contribution < -0.4 is 0 Å². The SMILES string of the molecule is C[Si]1(C)CC(c2ccccc2)C(=O)O1. The fourth-order valence-electron chi connectivity index (χ4n) is 1.90. The van der Waals surface area contributed by atoms with Gasteiger partial charge in [-0.1, -0.05) is 30.3 Å². The lowest BCUT2D eigenvalue weighted by Gasteiger charge is -2.10. The van der Waals surface area contributed by atoms with Crippen LogP contribution in [0.4, 0.5) is 0 Å². The van der Waals surface area contributed by atoms with Crippen LogP contribution in [0.5, 0.6) is 0 Å². The molecule has 0 radical (unpaired) electrons. The van der Waals surface area contributed by atoms with Crippen molar-refractivity contribution in [2.24, 2.45) is 0 Å². The number of carbonyl (C=O) groups is 1. The molecule has 1 aromatic carbocycles. The van der Waals surface area contributed by atoms with Gasteiger partial charge in [0.05, 0.1) is 5.92 Å². The first-order valence-corrected chi connectivity index (χ1v) is 7.98. The van der Waals surface area contributed by atoms with Crippen molar-refractivity contribution in [1.82, 2.24) is 0 Å². The maximum atomic E-state index is 11.6. The van der Waals surface area contributed by atoms with Crippen LogP contribution in [0, 0.1) is 0 Å². The second-order valence-corrected chi connectivity index (χ2v) is 8.48. The van der Waals surface area contributed by atoms with Crippen molar-refractivity contribution in [2.75, 3.05) is 0 Å². The third-order valence-electron chi connectivity index (χ3n) is 2.56. The van der Waals surface area contributed by atoms with Crippen molar-refractivity contribution in [2.45, 2.75) is 25.1 Å². The van der Waals surface area contributed by atoms with Gasteiger partial charge in [0, 0.05) is 0 Å². The zero-order valence-corrected chi connectivity index (χ0v) is 9.49. The molecule has 0 spiro atoms. The summed E-state index contributed by atoms with van der Waals surface area (Å²) in [5, 5.41) is 0. The molecule has 1 aliphatic rings. The molecular formula is C11H14O2Si. The Kier molecular flexibility index (Phi) is 2.19. The van der Waals surface area contributed by atoms with E-state index in [0.29, 0.717) is 0 Å². The molecule has 0 aromatic heterocycles. The smallest absolute Gasteiger partial charge is 0.299 e. The zero-order valence-electron chi connectivity index (χ0n) is 8.49. The Hall–Kier alpha value is -1.09. The Labute approximate surface area is 85.0 Å². The molecule has 74 valence electrons. The first-order chi connectivity index (χ1) is 6.58. The van der Waals surface area contributed by atoms with Gasteiger partial charge in [0.25, 0.3) is 5.97 Å². The van der Waals surface area contributed by atoms with Gasteiger partial charge >= 0.3 is 0 Å². The van der Waals surface area contributed by atoms with Gasteiger partial charge in [-0.15, -0.1) is 0 Å². The molecule has 0 amide bonds. The van der Waals surface area contributed by atoms with E-state index in [4.69, 9.17) is 4.43 Å².